The van der Waals surface area contributed by atoms with Crippen molar-refractivity contribution >= 4 is 27.8 Å². The van der Waals surface area contributed by atoms with Crippen molar-refractivity contribution in [3.8, 4) is 0 Å². The first-order valence-electron chi connectivity index (χ1n) is 6.01. The number of thiophene rings is 1. The van der Waals surface area contributed by atoms with Gasteiger partial charge in [-0.05, 0) is 44.7 Å². The maximum absolute atomic E-state index is 4.50. The molecule has 0 saturated heterocycles. The quantitative estimate of drug-likeness (QED) is 0.909. The predicted molar refractivity (Wildman–Crippen MR) is 75.3 cm³/mol. The summed E-state index contributed by atoms with van der Waals surface area (Å²) < 4.78 is 0. The highest BCUT2D eigenvalue weighted by atomic mass is 32.1. The summed E-state index contributed by atoms with van der Waals surface area (Å²) in [6, 6.07) is 2.37. The van der Waals surface area contributed by atoms with Crippen LogP contribution in [0.5, 0.6) is 0 Å². The number of aryl methyl sites for hydroxylation is 4. The smallest absolute Gasteiger partial charge is 0.183 e. The summed E-state index contributed by atoms with van der Waals surface area (Å²) in [4.78, 5) is 8.86. The third kappa shape index (κ3) is 2.24. The number of hydrogen-bond acceptors (Lipinski definition) is 4. The predicted octanol–water partition coefficient (Wildman–Crippen LogP) is 3.92. The molecule has 3 rings (SSSR count). The Morgan fingerprint density at radius 3 is 2.88 bits per heavy atom. The number of nitrogens with zero attached hydrogens (tertiary/aromatic N) is 1. The Labute approximate surface area is 110 Å². The van der Waals surface area contributed by atoms with Crippen LogP contribution in [0.3, 0.4) is 0 Å². The van der Waals surface area contributed by atoms with Gasteiger partial charge in [0.2, 0.25) is 0 Å². The molecule has 1 N–H and O–H groups in total. The Morgan fingerprint density at radius 1 is 1.29 bits per heavy atom. The summed E-state index contributed by atoms with van der Waals surface area (Å²) in [7, 11) is 0. The van der Waals surface area contributed by atoms with Gasteiger partial charge < -0.3 is 5.32 Å². The zero-order valence-corrected chi connectivity index (χ0v) is 11.8. The number of fused-ring (bicyclic) bond motifs is 1. The molecule has 0 aliphatic heterocycles. The van der Waals surface area contributed by atoms with Gasteiger partial charge >= 0.3 is 0 Å². The normalized spacial score (nSPS) is 14.0. The van der Waals surface area contributed by atoms with E-state index in [2.05, 4.69) is 30.2 Å². The third-order valence-electron chi connectivity index (χ3n) is 3.24. The average molecular weight is 264 g/mol. The van der Waals surface area contributed by atoms with E-state index in [9.17, 15) is 0 Å². The first kappa shape index (κ1) is 11.2. The number of anilines is 1. The van der Waals surface area contributed by atoms with E-state index in [0.717, 1.165) is 17.4 Å². The molecule has 2 aromatic rings. The van der Waals surface area contributed by atoms with Gasteiger partial charge in [-0.15, -0.1) is 22.7 Å². The van der Waals surface area contributed by atoms with Crippen molar-refractivity contribution in [1.29, 1.82) is 0 Å². The molecule has 4 heteroatoms. The fourth-order valence-corrected chi connectivity index (χ4v) is 4.20. The molecule has 17 heavy (non-hydrogen) atoms. The number of thiazole rings is 1. The Bertz CT molecular complexity index is 499. The fraction of sp³-hybridized carbons (Fsp3) is 0.462. The molecular formula is C13H16N2S2. The molecule has 2 heterocycles. The van der Waals surface area contributed by atoms with Crippen LogP contribution in [-0.4, -0.2) is 4.98 Å². The van der Waals surface area contributed by atoms with Crippen LogP contribution in [0.25, 0.3) is 0 Å². The summed E-state index contributed by atoms with van der Waals surface area (Å²) in [5.74, 6) is 0. The van der Waals surface area contributed by atoms with Crippen molar-refractivity contribution in [1.82, 2.24) is 4.98 Å². The lowest BCUT2D eigenvalue weighted by molar-refractivity contribution is 0.913. The van der Waals surface area contributed by atoms with Crippen molar-refractivity contribution in [3.63, 3.8) is 0 Å². The second kappa shape index (κ2) is 4.42. The molecule has 0 radical (unpaired) electrons. The number of rotatable bonds is 3. The second-order valence-electron chi connectivity index (χ2n) is 4.53. The van der Waals surface area contributed by atoms with E-state index in [-0.39, 0.29) is 0 Å². The van der Waals surface area contributed by atoms with Crippen molar-refractivity contribution < 1.29 is 0 Å². The molecule has 2 nitrogen and oxygen atoms in total. The lowest BCUT2D eigenvalue weighted by Gasteiger charge is -1.99. The van der Waals surface area contributed by atoms with Crippen LogP contribution in [-0.2, 0) is 19.4 Å². The molecule has 0 unspecified atom stereocenters. The highest BCUT2D eigenvalue weighted by molar-refractivity contribution is 7.15. The maximum atomic E-state index is 4.50. The average Bonchev–Trinajstić information content (AvgIpc) is 2.91. The summed E-state index contributed by atoms with van der Waals surface area (Å²) in [5.41, 5.74) is 2.73. The van der Waals surface area contributed by atoms with Gasteiger partial charge in [0.1, 0.15) is 0 Å². The molecule has 0 fully saturated rings. The molecule has 1 aliphatic rings. The fourth-order valence-electron chi connectivity index (χ4n) is 2.19. The van der Waals surface area contributed by atoms with Gasteiger partial charge in [0.05, 0.1) is 12.2 Å². The van der Waals surface area contributed by atoms with Gasteiger partial charge in [-0.3, -0.25) is 0 Å². The minimum Gasteiger partial charge on any atom is -0.357 e. The van der Waals surface area contributed by atoms with Crippen LogP contribution in [0.15, 0.2) is 6.07 Å². The van der Waals surface area contributed by atoms with Crippen LogP contribution < -0.4 is 5.32 Å². The molecule has 0 atom stereocenters. The molecule has 0 aromatic carbocycles. The van der Waals surface area contributed by atoms with Crippen LogP contribution in [0, 0.1) is 13.8 Å². The monoisotopic (exact) mass is 264 g/mol. The molecular weight excluding hydrogens is 248 g/mol. The minimum absolute atomic E-state index is 0.921. The molecule has 0 amide bonds. The van der Waals surface area contributed by atoms with Crippen LogP contribution in [0.4, 0.5) is 5.13 Å². The molecule has 0 spiro atoms. The standard InChI is InChI=1S/C13H16N2S2/c1-8-9(2)16-13(15-8)14-7-11-6-10-4-3-5-12(10)17-11/h6H,3-5,7H2,1-2H3,(H,14,15). The Hall–Kier alpha value is -0.870. The Balaban J connectivity index is 1.67. The lowest BCUT2D eigenvalue weighted by atomic mass is 10.2. The van der Waals surface area contributed by atoms with Gasteiger partial charge in [0, 0.05) is 14.6 Å². The largest absolute Gasteiger partial charge is 0.357 e. The van der Waals surface area contributed by atoms with Crippen LogP contribution in [0.2, 0.25) is 0 Å². The van der Waals surface area contributed by atoms with Crippen molar-refractivity contribution in [3.05, 3.63) is 32.0 Å². The number of hydrogen-bond donors (Lipinski definition) is 1. The minimum atomic E-state index is 0.921. The Kier molecular flexibility index (Phi) is 2.92. The van der Waals surface area contributed by atoms with Crippen molar-refractivity contribution in [2.45, 2.75) is 39.7 Å². The third-order valence-corrected chi connectivity index (χ3v) is 5.51. The van der Waals surface area contributed by atoms with Gasteiger partial charge in [0.15, 0.2) is 5.13 Å². The molecule has 2 aromatic heterocycles. The van der Waals surface area contributed by atoms with E-state index in [4.69, 9.17) is 0 Å². The van der Waals surface area contributed by atoms with E-state index >= 15 is 0 Å². The molecule has 0 saturated carbocycles. The molecule has 1 aliphatic carbocycles. The highest BCUT2D eigenvalue weighted by Gasteiger charge is 2.14. The van der Waals surface area contributed by atoms with Gasteiger partial charge in [0.25, 0.3) is 0 Å². The maximum Gasteiger partial charge on any atom is 0.183 e. The summed E-state index contributed by atoms with van der Waals surface area (Å²) >= 11 is 3.71. The first-order chi connectivity index (χ1) is 8.22. The van der Waals surface area contributed by atoms with E-state index in [1.54, 1.807) is 21.8 Å². The highest BCUT2D eigenvalue weighted by Crippen LogP contribution is 2.31. The molecule has 0 bridgehead atoms. The Morgan fingerprint density at radius 2 is 2.18 bits per heavy atom. The summed E-state index contributed by atoms with van der Waals surface area (Å²) in [6.45, 7) is 5.11. The summed E-state index contributed by atoms with van der Waals surface area (Å²) in [6.07, 6.45) is 3.91. The second-order valence-corrected chi connectivity index (χ2v) is 6.95. The van der Waals surface area contributed by atoms with E-state index in [0.29, 0.717) is 0 Å². The van der Waals surface area contributed by atoms with Gasteiger partial charge in [-0.25, -0.2) is 4.98 Å². The van der Waals surface area contributed by atoms with Gasteiger partial charge in [-0.2, -0.15) is 0 Å². The van der Waals surface area contributed by atoms with E-state index in [1.165, 1.54) is 29.0 Å². The SMILES string of the molecule is Cc1nc(NCc2cc3c(s2)CCC3)sc1C. The zero-order chi connectivity index (χ0) is 11.8. The van der Waals surface area contributed by atoms with E-state index < -0.39 is 0 Å². The van der Waals surface area contributed by atoms with E-state index in [1.807, 2.05) is 11.3 Å². The lowest BCUT2D eigenvalue weighted by Crippen LogP contribution is -1.96. The number of aromatic nitrogens is 1. The van der Waals surface area contributed by atoms with Crippen LogP contribution >= 0.6 is 22.7 Å². The zero-order valence-electron chi connectivity index (χ0n) is 10.2. The topological polar surface area (TPSA) is 24.9 Å². The summed E-state index contributed by atoms with van der Waals surface area (Å²) in [5, 5.41) is 4.48. The van der Waals surface area contributed by atoms with Crippen molar-refractivity contribution in [2.24, 2.45) is 0 Å². The molecule has 90 valence electrons. The van der Waals surface area contributed by atoms with Crippen LogP contribution in [0.1, 0.15) is 32.3 Å². The van der Waals surface area contributed by atoms with Gasteiger partial charge in [-0.1, -0.05) is 0 Å². The van der Waals surface area contributed by atoms with Crippen molar-refractivity contribution in [2.75, 3.05) is 5.32 Å². The number of nitrogens with one attached hydrogen (secondary N) is 1. The first-order valence-corrected chi connectivity index (χ1v) is 7.64.